The minimum atomic E-state index is -0.867. The normalized spacial score (nSPS) is 10.4. The van der Waals surface area contributed by atoms with Gasteiger partial charge in [0.15, 0.2) is 23.3 Å². The van der Waals surface area contributed by atoms with E-state index in [2.05, 4.69) is 10.3 Å². The molecule has 1 heterocycles. The standard InChI is InChI=1S/C13H13F3N4/c14-9-3-1-8(2-4-9)5-6-18-12-10(15)7-11(16)13(19-12)20-17/h1-4,7H,5-6,17H2,(H2,18,19,20). The summed E-state index contributed by atoms with van der Waals surface area (Å²) in [5, 5.41) is 2.74. The lowest BCUT2D eigenvalue weighted by molar-refractivity contribution is 0.578. The van der Waals surface area contributed by atoms with Gasteiger partial charge in [0.25, 0.3) is 0 Å². The topological polar surface area (TPSA) is 63.0 Å². The molecule has 2 aromatic rings. The Bertz CT molecular complexity index is 587. The maximum atomic E-state index is 13.5. The fourth-order valence-corrected chi connectivity index (χ4v) is 1.67. The first-order valence-corrected chi connectivity index (χ1v) is 5.91. The van der Waals surface area contributed by atoms with Gasteiger partial charge in [0, 0.05) is 12.6 Å². The smallest absolute Gasteiger partial charge is 0.178 e. The van der Waals surface area contributed by atoms with Gasteiger partial charge in [0.1, 0.15) is 5.82 Å². The molecule has 0 aliphatic rings. The molecule has 4 N–H and O–H groups in total. The first-order valence-electron chi connectivity index (χ1n) is 5.91. The van der Waals surface area contributed by atoms with Gasteiger partial charge in [-0.2, -0.15) is 0 Å². The van der Waals surface area contributed by atoms with E-state index in [1.807, 2.05) is 5.43 Å². The van der Waals surface area contributed by atoms with Crippen molar-refractivity contribution < 1.29 is 13.2 Å². The molecule has 0 atom stereocenters. The van der Waals surface area contributed by atoms with Crippen LogP contribution in [0, 0.1) is 17.5 Å². The third-order valence-corrected chi connectivity index (χ3v) is 2.69. The Hall–Kier alpha value is -2.28. The molecule has 0 saturated carbocycles. The Labute approximate surface area is 113 Å². The van der Waals surface area contributed by atoms with E-state index in [1.54, 1.807) is 12.1 Å². The molecule has 0 unspecified atom stereocenters. The van der Waals surface area contributed by atoms with Gasteiger partial charge in [-0.1, -0.05) is 12.1 Å². The highest BCUT2D eigenvalue weighted by Gasteiger charge is 2.10. The van der Waals surface area contributed by atoms with Crippen molar-refractivity contribution in [2.45, 2.75) is 6.42 Å². The summed E-state index contributed by atoms with van der Waals surface area (Å²) in [5.74, 6) is 2.74. The molecule has 2 rings (SSSR count). The monoisotopic (exact) mass is 282 g/mol. The predicted octanol–water partition coefficient (Wildman–Crippen LogP) is 2.44. The van der Waals surface area contributed by atoms with Crippen molar-refractivity contribution in [2.75, 3.05) is 17.3 Å². The Morgan fingerprint density at radius 3 is 2.30 bits per heavy atom. The highest BCUT2D eigenvalue weighted by molar-refractivity contribution is 5.46. The molecule has 0 amide bonds. The van der Waals surface area contributed by atoms with Crippen molar-refractivity contribution in [3.8, 4) is 0 Å². The molecular weight excluding hydrogens is 269 g/mol. The summed E-state index contributed by atoms with van der Waals surface area (Å²) in [4.78, 5) is 3.68. The van der Waals surface area contributed by atoms with E-state index in [-0.39, 0.29) is 17.5 Å². The Kier molecular flexibility index (Phi) is 4.41. The van der Waals surface area contributed by atoms with E-state index in [0.29, 0.717) is 19.0 Å². The molecule has 0 spiro atoms. The summed E-state index contributed by atoms with van der Waals surface area (Å²) >= 11 is 0. The number of hydrogen-bond acceptors (Lipinski definition) is 4. The van der Waals surface area contributed by atoms with Crippen LogP contribution in [0.3, 0.4) is 0 Å². The lowest BCUT2D eigenvalue weighted by Crippen LogP contribution is -2.14. The summed E-state index contributed by atoms with van der Waals surface area (Å²) in [5.41, 5.74) is 2.93. The van der Waals surface area contributed by atoms with Crippen LogP contribution in [0.2, 0.25) is 0 Å². The third-order valence-electron chi connectivity index (χ3n) is 2.69. The van der Waals surface area contributed by atoms with Gasteiger partial charge in [0.2, 0.25) is 0 Å². The number of aromatic nitrogens is 1. The van der Waals surface area contributed by atoms with Crippen LogP contribution in [-0.2, 0) is 6.42 Å². The molecule has 0 aliphatic carbocycles. The third kappa shape index (κ3) is 3.39. The average molecular weight is 282 g/mol. The van der Waals surface area contributed by atoms with E-state index in [9.17, 15) is 13.2 Å². The molecule has 0 bridgehead atoms. The largest absolute Gasteiger partial charge is 0.367 e. The van der Waals surface area contributed by atoms with Gasteiger partial charge in [-0.05, 0) is 24.1 Å². The second-order valence-corrected chi connectivity index (χ2v) is 4.10. The van der Waals surface area contributed by atoms with Crippen LogP contribution in [-0.4, -0.2) is 11.5 Å². The summed E-state index contributed by atoms with van der Waals surface area (Å²) in [6.45, 7) is 0.366. The number of halogens is 3. The van der Waals surface area contributed by atoms with Crippen molar-refractivity contribution in [1.29, 1.82) is 0 Å². The van der Waals surface area contributed by atoms with Crippen molar-refractivity contribution in [3.05, 3.63) is 53.3 Å². The highest BCUT2D eigenvalue weighted by Crippen LogP contribution is 2.18. The fraction of sp³-hybridized carbons (Fsp3) is 0.154. The van der Waals surface area contributed by atoms with Crippen LogP contribution < -0.4 is 16.6 Å². The Morgan fingerprint density at radius 2 is 1.65 bits per heavy atom. The van der Waals surface area contributed by atoms with Crippen molar-refractivity contribution in [1.82, 2.24) is 4.98 Å². The van der Waals surface area contributed by atoms with Gasteiger partial charge < -0.3 is 10.7 Å². The number of pyridine rings is 1. The number of anilines is 2. The minimum Gasteiger partial charge on any atom is -0.367 e. The molecule has 0 aliphatic heterocycles. The Balaban J connectivity index is 1.98. The maximum absolute atomic E-state index is 13.5. The zero-order valence-electron chi connectivity index (χ0n) is 10.5. The number of rotatable bonds is 5. The van der Waals surface area contributed by atoms with E-state index < -0.39 is 11.6 Å². The average Bonchev–Trinajstić information content (AvgIpc) is 2.43. The second-order valence-electron chi connectivity index (χ2n) is 4.10. The van der Waals surface area contributed by atoms with Crippen LogP contribution in [0.5, 0.6) is 0 Å². The summed E-state index contributed by atoms with van der Waals surface area (Å²) in [6.07, 6.45) is 0.546. The predicted molar refractivity (Wildman–Crippen MR) is 70.6 cm³/mol. The highest BCUT2D eigenvalue weighted by atomic mass is 19.1. The molecular formula is C13H13F3N4. The Morgan fingerprint density at radius 1 is 1.00 bits per heavy atom. The number of nitrogens with one attached hydrogen (secondary N) is 2. The van der Waals surface area contributed by atoms with Gasteiger partial charge in [-0.25, -0.2) is 24.0 Å². The molecule has 7 heteroatoms. The molecule has 4 nitrogen and oxygen atoms in total. The van der Waals surface area contributed by atoms with Crippen molar-refractivity contribution in [2.24, 2.45) is 5.84 Å². The number of nitrogen functional groups attached to an aromatic ring is 1. The SMILES string of the molecule is NNc1nc(NCCc2ccc(F)cc2)c(F)cc1F. The molecule has 0 radical (unpaired) electrons. The van der Waals surface area contributed by atoms with Crippen LogP contribution in [0.25, 0.3) is 0 Å². The molecule has 0 saturated heterocycles. The number of nitrogens with two attached hydrogens (primary N) is 1. The van der Waals surface area contributed by atoms with Crippen LogP contribution in [0.1, 0.15) is 5.56 Å². The first-order chi connectivity index (χ1) is 9.60. The molecule has 1 aromatic heterocycles. The van der Waals surface area contributed by atoms with Crippen molar-refractivity contribution in [3.63, 3.8) is 0 Å². The van der Waals surface area contributed by atoms with E-state index in [4.69, 9.17) is 5.84 Å². The van der Waals surface area contributed by atoms with Gasteiger partial charge >= 0.3 is 0 Å². The summed E-state index contributed by atoms with van der Waals surface area (Å²) in [7, 11) is 0. The van der Waals surface area contributed by atoms with Gasteiger partial charge in [-0.15, -0.1) is 0 Å². The zero-order chi connectivity index (χ0) is 14.5. The fourth-order valence-electron chi connectivity index (χ4n) is 1.67. The molecule has 0 fully saturated rings. The number of hydrogen-bond donors (Lipinski definition) is 3. The van der Waals surface area contributed by atoms with Crippen LogP contribution in [0.4, 0.5) is 24.8 Å². The van der Waals surface area contributed by atoms with Crippen molar-refractivity contribution >= 4 is 11.6 Å². The number of benzene rings is 1. The van der Waals surface area contributed by atoms with E-state index in [1.165, 1.54) is 12.1 Å². The van der Waals surface area contributed by atoms with Crippen LogP contribution in [0.15, 0.2) is 30.3 Å². The summed E-state index contributed by atoms with van der Waals surface area (Å²) < 4.78 is 39.3. The lowest BCUT2D eigenvalue weighted by atomic mass is 10.1. The number of nitrogens with zero attached hydrogens (tertiary/aromatic N) is 1. The minimum absolute atomic E-state index is 0.0959. The van der Waals surface area contributed by atoms with Crippen LogP contribution >= 0.6 is 0 Å². The maximum Gasteiger partial charge on any atom is 0.178 e. The van der Waals surface area contributed by atoms with Gasteiger partial charge in [0.05, 0.1) is 0 Å². The lowest BCUT2D eigenvalue weighted by Gasteiger charge is -2.09. The first kappa shape index (κ1) is 14.1. The second kappa shape index (κ2) is 6.25. The molecule has 106 valence electrons. The summed E-state index contributed by atoms with van der Waals surface area (Å²) in [6, 6.07) is 6.67. The zero-order valence-corrected chi connectivity index (χ0v) is 10.5. The number of hydrazine groups is 1. The van der Waals surface area contributed by atoms with Gasteiger partial charge in [-0.3, -0.25) is 0 Å². The molecule has 20 heavy (non-hydrogen) atoms. The van der Waals surface area contributed by atoms with E-state index >= 15 is 0 Å². The van der Waals surface area contributed by atoms with E-state index in [0.717, 1.165) is 5.56 Å². The quantitative estimate of drug-likeness (QED) is 0.582. The molecule has 1 aromatic carbocycles.